The number of hydrogen-bond acceptors (Lipinski definition) is 3. The van der Waals surface area contributed by atoms with E-state index in [1.807, 2.05) is 36.4 Å². The molecule has 1 amide bonds. The maximum atomic E-state index is 12.3. The van der Waals surface area contributed by atoms with Crippen molar-refractivity contribution in [2.75, 3.05) is 26.2 Å². The van der Waals surface area contributed by atoms with Gasteiger partial charge in [-0.1, -0.05) is 24.3 Å². The van der Waals surface area contributed by atoms with Crippen molar-refractivity contribution < 1.29 is 19.2 Å². The van der Waals surface area contributed by atoms with Crippen LogP contribution >= 0.6 is 0 Å². The third kappa shape index (κ3) is 5.76. The van der Waals surface area contributed by atoms with Crippen molar-refractivity contribution in [2.24, 2.45) is 0 Å². The largest absolute Gasteiger partial charge is 0.485 e. The van der Waals surface area contributed by atoms with E-state index in [1.165, 1.54) is 5.56 Å². The van der Waals surface area contributed by atoms with Gasteiger partial charge in [0.2, 0.25) is 0 Å². The molecule has 1 heterocycles. The van der Waals surface area contributed by atoms with Gasteiger partial charge in [-0.15, -0.1) is 0 Å². The summed E-state index contributed by atoms with van der Waals surface area (Å²) in [7, 11) is 0. The van der Waals surface area contributed by atoms with Crippen molar-refractivity contribution in [1.29, 1.82) is 0 Å². The highest BCUT2D eigenvalue weighted by Crippen LogP contribution is 2.41. The second kappa shape index (κ2) is 9.98. The van der Waals surface area contributed by atoms with Crippen molar-refractivity contribution in [2.45, 2.75) is 52.7 Å². The number of carbonyl (C=O) groups excluding carboxylic acids is 1. The molecule has 0 saturated carbocycles. The average molecular weight is 412 g/mol. The number of nitrogens with one attached hydrogen (secondary N) is 2. The summed E-state index contributed by atoms with van der Waals surface area (Å²) < 4.78 is 12.1. The normalized spacial score (nSPS) is 14.3. The van der Waals surface area contributed by atoms with E-state index in [2.05, 4.69) is 39.1 Å². The molecule has 5 heteroatoms. The maximum Gasteiger partial charge on any atom is 0.251 e. The zero-order valence-corrected chi connectivity index (χ0v) is 18.7. The van der Waals surface area contributed by atoms with Crippen LogP contribution in [-0.2, 0) is 13.0 Å². The van der Waals surface area contributed by atoms with E-state index in [4.69, 9.17) is 9.47 Å². The van der Waals surface area contributed by atoms with Crippen LogP contribution in [0.3, 0.4) is 0 Å². The Labute approximate surface area is 180 Å². The predicted molar refractivity (Wildman–Crippen MR) is 119 cm³/mol. The summed E-state index contributed by atoms with van der Waals surface area (Å²) in [4.78, 5) is 13.9. The molecule has 0 saturated heterocycles. The first-order chi connectivity index (χ1) is 14.4. The lowest BCUT2D eigenvalue weighted by atomic mass is 10.0. The van der Waals surface area contributed by atoms with Gasteiger partial charge in [0.25, 0.3) is 5.91 Å². The number of fused-ring (bicyclic) bond motifs is 1. The molecule has 1 aliphatic rings. The van der Waals surface area contributed by atoms with E-state index in [0.717, 1.165) is 49.5 Å². The Morgan fingerprint density at radius 3 is 2.57 bits per heavy atom. The van der Waals surface area contributed by atoms with Crippen molar-refractivity contribution in [3.63, 3.8) is 0 Å². The van der Waals surface area contributed by atoms with Crippen LogP contribution in [-0.4, -0.2) is 37.7 Å². The molecule has 0 fully saturated rings. The third-order valence-electron chi connectivity index (χ3n) is 5.66. The molecular weight excluding hydrogens is 376 g/mol. The molecule has 0 radical (unpaired) electrons. The molecule has 0 spiro atoms. The molecule has 0 unspecified atom stereocenters. The summed E-state index contributed by atoms with van der Waals surface area (Å²) in [6.45, 7) is 13.1. The smallest absolute Gasteiger partial charge is 0.251 e. The Hall–Kier alpha value is -2.53. The Morgan fingerprint density at radius 1 is 1.13 bits per heavy atom. The average Bonchev–Trinajstić information content (AvgIpc) is 3.07. The highest BCUT2D eigenvalue weighted by molar-refractivity contribution is 5.94. The van der Waals surface area contributed by atoms with Gasteiger partial charge < -0.3 is 19.7 Å². The van der Waals surface area contributed by atoms with E-state index in [1.54, 1.807) is 4.90 Å². The van der Waals surface area contributed by atoms with Gasteiger partial charge in [0.15, 0.2) is 11.5 Å². The predicted octanol–water partition coefficient (Wildman–Crippen LogP) is 3.02. The maximum absolute atomic E-state index is 12.3. The van der Waals surface area contributed by atoms with Gasteiger partial charge >= 0.3 is 0 Å². The summed E-state index contributed by atoms with van der Waals surface area (Å²) in [6, 6.07) is 13.7. The van der Waals surface area contributed by atoms with Crippen LogP contribution < -0.4 is 19.7 Å². The number of carbonyl (C=O) groups is 1. The van der Waals surface area contributed by atoms with Gasteiger partial charge in [-0.05, 0) is 51.5 Å². The van der Waals surface area contributed by atoms with E-state index < -0.39 is 0 Å². The monoisotopic (exact) mass is 411 g/mol. The molecule has 2 aromatic carbocycles. The first-order valence-corrected chi connectivity index (χ1v) is 11.1. The molecule has 3 rings (SSSR count). The zero-order chi connectivity index (χ0) is 21.6. The fourth-order valence-electron chi connectivity index (χ4n) is 3.86. The van der Waals surface area contributed by atoms with Gasteiger partial charge in [-0.2, -0.15) is 0 Å². The minimum absolute atomic E-state index is 0.0199. The third-order valence-corrected chi connectivity index (χ3v) is 5.66. The molecule has 0 aromatic heterocycles. The molecule has 0 aliphatic carbocycles. The topological polar surface area (TPSA) is 52.0 Å². The molecule has 2 N–H and O–H groups in total. The molecule has 2 aromatic rings. The fraction of sp³-hybridized carbons (Fsp3) is 0.480. The summed E-state index contributed by atoms with van der Waals surface area (Å²) in [5.41, 5.74) is 2.70. The van der Waals surface area contributed by atoms with Crippen LogP contribution in [0.5, 0.6) is 11.5 Å². The second-order valence-electron chi connectivity index (χ2n) is 8.59. The Bertz CT molecular complexity index is 842. The van der Waals surface area contributed by atoms with Gasteiger partial charge in [-0.3, -0.25) is 4.79 Å². The first kappa shape index (κ1) is 22.2. The number of ether oxygens (including phenoxy) is 2. The summed E-state index contributed by atoms with van der Waals surface area (Å²) in [6.07, 6.45) is 1.88. The van der Waals surface area contributed by atoms with E-state index in [9.17, 15) is 4.79 Å². The van der Waals surface area contributed by atoms with E-state index >= 15 is 0 Å². The fourth-order valence-corrected chi connectivity index (χ4v) is 3.86. The van der Waals surface area contributed by atoms with Crippen molar-refractivity contribution in [1.82, 2.24) is 5.32 Å². The van der Waals surface area contributed by atoms with Crippen LogP contribution in [0.25, 0.3) is 0 Å². The number of hydrogen-bond donors (Lipinski definition) is 2. The van der Waals surface area contributed by atoms with Crippen molar-refractivity contribution in [3.8, 4) is 11.5 Å². The lowest BCUT2D eigenvalue weighted by Gasteiger charge is -2.18. The van der Waals surface area contributed by atoms with E-state index in [0.29, 0.717) is 18.7 Å². The Kier molecular flexibility index (Phi) is 7.38. The molecule has 30 heavy (non-hydrogen) atoms. The van der Waals surface area contributed by atoms with Crippen molar-refractivity contribution in [3.05, 3.63) is 59.2 Å². The molecule has 0 bridgehead atoms. The number of amides is 1. The van der Waals surface area contributed by atoms with Crippen LogP contribution in [0, 0.1) is 0 Å². The van der Waals surface area contributed by atoms with Gasteiger partial charge in [0, 0.05) is 30.5 Å². The quantitative estimate of drug-likeness (QED) is 0.591. The minimum Gasteiger partial charge on any atom is -0.485 e. The number of quaternary nitrogens is 1. The Morgan fingerprint density at radius 2 is 1.87 bits per heavy atom. The Balaban J connectivity index is 1.49. The van der Waals surface area contributed by atoms with Crippen molar-refractivity contribution >= 4 is 5.91 Å². The van der Waals surface area contributed by atoms with Gasteiger partial charge in [0.05, 0.1) is 19.6 Å². The zero-order valence-electron chi connectivity index (χ0n) is 18.7. The van der Waals surface area contributed by atoms with E-state index in [-0.39, 0.29) is 11.5 Å². The SMILES string of the molecule is CC[NH+](CC)CCCNC(=O)c1ccc(COc2cccc3c2OC(C)(C)C3)cc1. The molecule has 1 aliphatic heterocycles. The lowest BCUT2D eigenvalue weighted by molar-refractivity contribution is -0.896. The summed E-state index contributed by atoms with van der Waals surface area (Å²) >= 11 is 0. The molecule has 162 valence electrons. The molecule has 5 nitrogen and oxygen atoms in total. The highest BCUT2D eigenvalue weighted by atomic mass is 16.5. The second-order valence-corrected chi connectivity index (χ2v) is 8.59. The highest BCUT2D eigenvalue weighted by Gasteiger charge is 2.32. The van der Waals surface area contributed by atoms with Crippen LogP contribution in [0.1, 0.15) is 55.6 Å². The van der Waals surface area contributed by atoms with Gasteiger partial charge in [0.1, 0.15) is 12.2 Å². The van der Waals surface area contributed by atoms with Crippen LogP contribution in [0.2, 0.25) is 0 Å². The molecular formula is C25H35N2O3+. The number of benzene rings is 2. The number of rotatable bonds is 10. The van der Waals surface area contributed by atoms with Gasteiger partial charge in [-0.25, -0.2) is 0 Å². The van der Waals surface area contributed by atoms with Crippen LogP contribution in [0.15, 0.2) is 42.5 Å². The number of para-hydroxylation sites is 1. The molecule has 0 atom stereocenters. The summed E-state index contributed by atoms with van der Waals surface area (Å²) in [5.74, 6) is 1.61. The lowest BCUT2D eigenvalue weighted by Crippen LogP contribution is -3.11. The van der Waals surface area contributed by atoms with Crippen LogP contribution in [0.4, 0.5) is 0 Å². The first-order valence-electron chi connectivity index (χ1n) is 11.1. The minimum atomic E-state index is -0.191. The summed E-state index contributed by atoms with van der Waals surface area (Å²) in [5, 5.41) is 3.02. The standard InChI is InChI=1S/C25H34N2O3/c1-5-27(6-2)16-8-15-26-24(28)20-13-11-19(12-14-20)18-29-22-10-7-9-21-17-25(3,4)30-23(21)22/h7,9-14H,5-6,8,15-18H2,1-4H3,(H,26,28)/p+1.